The molecule has 1 aromatic heterocycles. The van der Waals surface area contributed by atoms with Gasteiger partial charge in [0.1, 0.15) is 12.4 Å². The Morgan fingerprint density at radius 2 is 1.58 bits per heavy atom. The van der Waals surface area contributed by atoms with Gasteiger partial charge in [0.25, 0.3) is 15.6 Å². The predicted octanol–water partition coefficient (Wildman–Crippen LogP) is 1.23. The molecule has 3 rings (SSSR count). The van der Waals surface area contributed by atoms with Crippen molar-refractivity contribution in [3.05, 3.63) is 87.1 Å². The van der Waals surface area contributed by atoms with Crippen LogP contribution < -0.4 is 20.9 Å². The van der Waals surface area contributed by atoms with Gasteiger partial charge in [-0.2, -0.15) is 0 Å². The number of para-hydroxylation sites is 1. The molecular weight excluding hydrogens is 420 g/mol. The number of rotatable bonds is 6. The normalized spacial score (nSPS) is 11.2. The molecule has 0 radical (unpaired) electrons. The number of carbonyl (C=O) groups excluding carboxylic acids is 1. The van der Waals surface area contributed by atoms with Crippen molar-refractivity contribution >= 4 is 27.4 Å². The van der Waals surface area contributed by atoms with Crippen LogP contribution in [-0.4, -0.2) is 30.0 Å². The van der Waals surface area contributed by atoms with Gasteiger partial charge in [-0.05, 0) is 31.2 Å². The summed E-state index contributed by atoms with van der Waals surface area (Å²) in [4.78, 5) is 36.8. The maximum atomic E-state index is 13.3. The maximum Gasteiger partial charge on any atom is 0.332 e. The maximum absolute atomic E-state index is 13.3. The number of nitrogens with one attached hydrogen (secondary N) is 1. The highest BCUT2D eigenvalue weighted by molar-refractivity contribution is 7.92. The number of aromatic nitrogens is 2. The number of hydrogen-bond donors (Lipinski definition) is 1. The molecular formula is C21H22N4O5S. The van der Waals surface area contributed by atoms with E-state index in [4.69, 9.17) is 0 Å². The summed E-state index contributed by atoms with van der Waals surface area (Å²) < 4.78 is 29.6. The summed E-state index contributed by atoms with van der Waals surface area (Å²) in [6.45, 7) is 1.29. The molecule has 31 heavy (non-hydrogen) atoms. The van der Waals surface area contributed by atoms with Crippen LogP contribution in [0.15, 0.2) is 75.1 Å². The number of anilines is 2. The number of sulfonamides is 1. The minimum absolute atomic E-state index is 0.0288. The van der Waals surface area contributed by atoms with E-state index < -0.39 is 33.7 Å². The fourth-order valence-electron chi connectivity index (χ4n) is 2.91. The summed E-state index contributed by atoms with van der Waals surface area (Å²) in [5.41, 5.74) is -0.00814. The van der Waals surface area contributed by atoms with E-state index in [-0.39, 0.29) is 10.7 Å². The van der Waals surface area contributed by atoms with Crippen molar-refractivity contribution < 1.29 is 13.2 Å². The number of amides is 1. The number of carbonyl (C=O) groups is 1. The fourth-order valence-corrected chi connectivity index (χ4v) is 4.33. The summed E-state index contributed by atoms with van der Waals surface area (Å²) in [6, 6.07) is 15.6. The van der Waals surface area contributed by atoms with Crippen molar-refractivity contribution in [2.75, 3.05) is 16.2 Å². The lowest BCUT2D eigenvalue weighted by Crippen LogP contribution is -2.41. The van der Waals surface area contributed by atoms with E-state index in [2.05, 4.69) is 5.32 Å². The van der Waals surface area contributed by atoms with E-state index in [1.54, 1.807) is 42.5 Å². The molecule has 1 amide bonds. The number of hydrogen-bond acceptors (Lipinski definition) is 5. The van der Waals surface area contributed by atoms with Gasteiger partial charge in [-0.3, -0.25) is 23.0 Å². The van der Waals surface area contributed by atoms with Crippen LogP contribution in [0.25, 0.3) is 0 Å². The molecule has 3 aromatic rings. The average molecular weight is 442 g/mol. The molecule has 0 aliphatic rings. The van der Waals surface area contributed by atoms with Crippen molar-refractivity contribution in [2.45, 2.75) is 11.8 Å². The van der Waals surface area contributed by atoms with E-state index in [9.17, 15) is 22.8 Å². The van der Waals surface area contributed by atoms with Gasteiger partial charge in [0.05, 0.1) is 10.6 Å². The number of nitrogens with zero attached hydrogens (tertiary/aromatic N) is 3. The predicted molar refractivity (Wildman–Crippen MR) is 118 cm³/mol. The first kappa shape index (κ1) is 22.0. The highest BCUT2D eigenvalue weighted by Crippen LogP contribution is 2.23. The molecule has 0 unspecified atom stereocenters. The third kappa shape index (κ3) is 4.58. The van der Waals surface area contributed by atoms with Crippen LogP contribution in [0.4, 0.5) is 11.5 Å². The molecule has 0 atom stereocenters. The molecule has 0 saturated carbocycles. The third-order valence-electron chi connectivity index (χ3n) is 4.73. The Balaban J connectivity index is 1.97. The fraction of sp³-hybridized carbons (Fsp3) is 0.190. The second-order valence-corrected chi connectivity index (χ2v) is 8.84. The van der Waals surface area contributed by atoms with Crippen LogP contribution in [0.3, 0.4) is 0 Å². The van der Waals surface area contributed by atoms with Gasteiger partial charge < -0.3 is 5.32 Å². The molecule has 0 saturated heterocycles. The highest BCUT2D eigenvalue weighted by atomic mass is 32.2. The van der Waals surface area contributed by atoms with Crippen molar-refractivity contribution in [1.29, 1.82) is 0 Å². The molecule has 0 aliphatic heterocycles. The van der Waals surface area contributed by atoms with Crippen molar-refractivity contribution in [3.63, 3.8) is 0 Å². The number of aryl methyl sites for hydroxylation is 1. The second kappa shape index (κ2) is 8.60. The zero-order valence-corrected chi connectivity index (χ0v) is 18.1. The Bertz CT molecular complexity index is 1330. The SMILES string of the molecule is Cc1ccc(S(=O)(=O)N(CC(=O)Nc2cc(=O)n(C)c(=O)n2C)c2ccccc2)cc1. The summed E-state index contributed by atoms with van der Waals surface area (Å²) in [7, 11) is -1.33. The van der Waals surface area contributed by atoms with E-state index in [0.717, 1.165) is 25.1 Å². The molecule has 2 aromatic carbocycles. The summed E-state index contributed by atoms with van der Waals surface area (Å²) in [6.07, 6.45) is 0. The lowest BCUT2D eigenvalue weighted by molar-refractivity contribution is -0.114. The van der Waals surface area contributed by atoms with E-state index in [1.165, 1.54) is 26.2 Å². The van der Waals surface area contributed by atoms with Crippen LogP contribution in [0.5, 0.6) is 0 Å². The van der Waals surface area contributed by atoms with Gasteiger partial charge >= 0.3 is 5.69 Å². The molecule has 1 heterocycles. The van der Waals surface area contributed by atoms with Gasteiger partial charge in [0, 0.05) is 20.2 Å². The van der Waals surface area contributed by atoms with Crippen LogP contribution in [0.2, 0.25) is 0 Å². The minimum atomic E-state index is -4.05. The highest BCUT2D eigenvalue weighted by Gasteiger charge is 2.27. The van der Waals surface area contributed by atoms with Gasteiger partial charge in [0.15, 0.2) is 0 Å². The zero-order chi connectivity index (χ0) is 22.8. The Morgan fingerprint density at radius 3 is 2.19 bits per heavy atom. The molecule has 0 aliphatic carbocycles. The lowest BCUT2D eigenvalue weighted by atomic mass is 10.2. The Morgan fingerprint density at radius 1 is 0.968 bits per heavy atom. The largest absolute Gasteiger partial charge is 0.332 e. The van der Waals surface area contributed by atoms with Gasteiger partial charge in [-0.15, -0.1) is 0 Å². The molecule has 1 N–H and O–H groups in total. The van der Waals surface area contributed by atoms with Gasteiger partial charge in [-0.1, -0.05) is 35.9 Å². The average Bonchev–Trinajstić information content (AvgIpc) is 2.75. The van der Waals surface area contributed by atoms with Gasteiger partial charge in [0.2, 0.25) is 5.91 Å². The Kier molecular flexibility index (Phi) is 6.11. The summed E-state index contributed by atoms with van der Waals surface area (Å²) in [5, 5.41) is 2.46. The zero-order valence-electron chi connectivity index (χ0n) is 17.3. The summed E-state index contributed by atoms with van der Waals surface area (Å²) in [5.74, 6) is -0.735. The summed E-state index contributed by atoms with van der Waals surface area (Å²) >= 11 is 0. The first-order chi connectivity index (χ1) is 14.6. The Labute approximate surface area is 179 Å². The van der Waals surface area contributed by atoms with Gasteiger partial charge in [-0.25, -0.2) is 13.2 Å². The first-order valence-electron chi connectivity index (χ1n) is 9.32. The number of benzene rings is 2. The van der Waals surface area contributed by atoms with Crippen LogP contribution in [0, 0.1) is 6.92 Å². The molecule has 9 nitrogen and oxygen atoms in total. The van der Waals surface area contributed by atoms with Crippen LogP contribution >= 0.6 is 0 Å². The second-order valence-electron chi connectivity index (χ2n) is 6.98. The molecule has 10 heteroatoms. The lowest BCUT2D eigenvalue weighted by Gasteiger charge is -2.24. The van der Waals surface area contributed by atoms with Crippen molar-refractivity contribution in [1.82, 2.24) is 9.13 Å². The quantitative estimate of drug-likeness (QED) is 0.617. The monoisotopic (exact) mass is 442 g/mol. The van der Waals surface area contributed by atoms with E-state index in [1.807, 2.05) is 6.92 Å². The van der Waals surface area contributed by atoms with Crippen molar-refractivity contribution in [3.8, 4) is 0 Å². The van der Waals surface area contributed by atoms with Crippen LogP contribution in [-0.2, 0) is 28.9 Å². The van der Waals surface area contributed by atoms with Crippen LogP contribution in [0.1, 0.15) is 5.56 Å². The van der Waals surface area contributed by atoms with E-state index in [0.29, 0.717) is 5.69 Å². The molecule has 0 spiro atoms. The Hall–Kier alpha value is -3.66. The van der Waals surface area contributed by atoms with E-state index >= 15 is 0 Å². The molecule has 0 bridgehead atoms. The minimum Gasteiger partial charge on any atom is -0.310 e. The third-order valence-corrected chi connectivity index (χ3v) is 6.52. The molecule has 162 valence electrons. The van der Waals surface area contributed by atoms with Crippen molar-refractivity contribution in [2.24, 2.45) is 14.1 Å². The topological polar surface area (TPSA) is 110 Å². The molecule has 0 fully saturated rings. The smallest absolute Gasteiger partial charge is 0.310 e. The first-order valence-corrected chi connectivity index (χ1v) is 10.8. The standard InChI is InChI=1S/C21H22N4O5S/c1-15-9-11-17(12-10-15)31(29,30)25(16-7-5-4-6-8-16)14-19(26)22-18-13-20(27)24(3)21(28)23(18)2/h4-13H,14H2,1-3H3,(H,22,26).